The van der Waals surface area contributed by atoms with E-state index in [0.717, 1.165) is 30.0 Å². The van der Waals surface area contributed by atoms with Gasteiger partial charge in [-0.2, -0.15) is 0 Å². The van der Waals surface area contributed by atoms with Crippen molar-refractivity contribution in [2.45, 2.75) is 0 Å². The minimum atomic E-state index is -0.761. The normalized spacial score (nSPS) is 14.3. The van der Waals surface area contributed by atoms with Crippen LogP contribution in [0.25, 0.3) is 6.08 Å². The third kappa shape index (κ3) is 5.54. The van der Waals surface area contributed by atoms with Gasteiger partial charge in [0.1, 0.15) is 11.6 Å². The molecule has 152 valence electrons. The number of nitrogens with one attached hydrogen (secondary N) is 1. The maximum atomic E-state index is 13.5. The van der Waals surface area contributed by atoms with Crippen LogP contribution >= 0.6 is 11.6 Å². The molecule has 5 nitrogen and oxygen atoms in total. The smallest absolute Gasteiger partial charge is 0.244 e. The lowest BCUT2D eigenvalue weighted by Crippen LogP contribution is -2.51. The number of amides is 2. The van der Waals surface area contributed by atoms with Crippen LogP contribution in [0.3, 0.4) is 0 Å². The Bertz CT molecular complexity index is 908. The maximum Gasteiger partial charge on any atom is 0.244 e. The topological polar surface area (TPSA) is 52.7 Å². The van der Waals surface area contributed by atoms with Crippen LogP contribution in [0, 0.1) is 11.6 Å². The van der Waals surface area contributed by atoms with Crippen LogP contribution in [0.4, 0.5) is 14.5 Å². The summed E-state index contributed by atoms with van der Waals surface area (Å²) in [6, 6.07) is 11.0. The highest BCUT2D eigenvalue weighted by Crippen LogP contribution is 2.20. The molecule has 1 aliphatic rings. The lowest BCUT2D eigenvalue weighted by molar-refractivity contribution is -0.132. The van der Waals surface area contributed by atoms with Gasteiger partial charge < -0.3 is 15.1 Å². The van der Waals surface area contributed by atoms with Crippen LogP contribution in [0.5, 0.6) is 0 Å². The van der Waals surface area contributed by atoms with Crippen molar-refractivity contribution in [3.8, 4) is 0 Å². The lowest BCUT2D eigenvalue weighted by atomic mass is 10.2. The van der Waals surface area contributed by atoms with E-state index < -0.39 is 17.5 Å². The molecule has 0 bridgehead atoms. The Morgan fingerprint density at radius 3 is 2.34 bits per heavy atom. The SMILES string of the molecule is O=C(/C=C/c1c(F)cccc1F)NCC(=O)N1CCN(c2cccc(Cl)c2)CC1. The highest BCUT2D eigenvalue weighted by atomic mass is 35.5. The molecule has 3 rings (SSSR count). The third-order valence-electron chi connectivity index (χ3n) is 4.62. The van der Waals surface area contributed by atoms with Gasteiger partial charge in [-0.15, -0.1) is 0 Å². The number of carbonyl (C=O) groups excluding carboxylic acids is 2. The molecule has 1 heterocycles. The zero-order valence-corrected chi connectivity index (χ0v) is 16.3. The van der Waals surface area contributed by atoms with E-state index in [1.807, 2.05) is 24.3 Å². The van der Waals surface area contributed by atoms with E-state index in [-0.39, 0.29) is 18.0 Å². The van der Waals surface area contributed by atoms with E-state index in [1.165, 1.54) is 6.07 Å². The van der Waals surface area contributed by atoms with Crippen LogP contribution < -0.4 is 10.2 Å². The van der Waals surface area contributed by atoms with Gasteiger partial charge in [0, 0.05) is 48.5 Å². The number of halogens is 3. The van der Waals surface area contributed by atoms with E-state index in [1.54, 1.807) is 4.90 Å². The Kier molecular flexibility index (Phi) is 6.82. The van der Waals surface area contributed by atoms with Gasteiger partial charge in [-0.05, 0) is 36.4 Å². The highest BCUT2D eigenvalue weighted by molar-refractivity contribution is 6.30. The number of hydrogen-bond acceptors (Lipinski definition) is 3. The van der Waals surface area contributed by atoms with E-state index >= 15 is 0 Å². The summed E-state index contributed by atoms with van der Waals surface area (Å²) in [5.74, 6) is -2.33. The minimum Gasteiger partial charge on any atom is -0.368 e. The summed E-state index contributed by atoms with van der Waals surface area (Å²) in [7, 11) is 0. The average molecular weight is 420 g/mol. The first-order valence-corrected chi connectivity index (χ1v) is 9.50. The molecule has 1 aliphatic heterocycles. The molecule has 1 N–H and O–H groups in total. The third-order valence-corrected chi connectivity index (χ3v) is 4.86. The number of carbonyl (C=O) groups is 2. The van der Waals surface area contributed by atoms with Crippen molar-refractivity contribution in [3.05, 3.63) is 70.8 Å². The molecule has 1 fully saturated rings. The van der Waals surface area contributed by atoms with Crippen LogP contribution in [-0.4, -0.2) is 49.4 Å². The van der Waals surface area contributed by atoms with Gasteiger partial charge >= 0.3 is 0 Å². The first kappa shape index (κ1) is 20.8. The van der Waals surface area contributed by atoms with Crippen LogP contribution in [0.1, 0.15) is 5.56 Å². The Morgan fingerprint density at radius 2 is 1.69 bits per heavy atom. The number of piperazine rings is 1. The minimum absolute atomic E-state index is 0.180. The zero-order valence-electron chi connectivity index (χ0n) is 15.6. The summed E-state index contributed by atoms with van der Waals surface area (Å²) in [4.78, 5) is 28.0. The molecular formula is C21H20ClF2N3O2. The van der Waals surface area contributed by atoms with Crippen molar-refractivity contribution in [3.63, 3.8) is 0 Å². The average Bonchev–Trinajstić information content (AvgIpc) is 2.72. The van der Waals surface area contributed by atoms with Crippen molar-refractivity contribution in [1.29, 1.82) is 0 Å². The molecule has 0 radical (unpaired) electrons. The summed E-state index contributed by atoms with van der Waals surface area (Å²) >= 11 is 6.02. The largest absolute Gasteiger partial charge is 0.368 e. The second-order valence-corrected chi connectivity index (χ2v) is 6.97. The monoisotopic (exact) mass is 419 g/mol. The van der Waals surface area contributed by atoms with E-state index in [4.69, 9.17) is 11.6 Å². The molecule has 2 amide bonds. The molecule has 2 aromatic carbocycles. The summed E-state index contributed by atoms with van der Waals surface area (Å²) in [5, 5.41) is 3.11. The number of hydrogen-bond donors (Lipinski definition) is 1. The Labute approximate surface area is 172 Å². The molecule has 2 aromatic rings. The fraction of sp³-hybridized carbons (Fsp3) is 0.238. The van der Waals surface area contributed by atoms with Gasteiger partial charge in [-0.25, -0.2) is 8.78 Å². The fourth-order valence-corrected chi connectivity index (χ4v) is 3.23. The first-order valence-electron chi connectivity index (χ1n) is 9.12. The molecular weight excluding hydrogens is 400 g/mol. The van der Waals surface area contributed by atoms with Crippen molar-refractivity contribution in [2.75, 3.05) is 37.6 Å². The number of benzene rings is 2. The molecule has 0 spiro atoms. The van der Waals surface area contributed by atoms with E-state index in [9.17, 15) is 18.4 Å². The Morgan fingerprint density at radius 1 is 1.03 bits per heavy atom. The van der Waals surface area contributed by atoms with Crippen LogP contribution in [-0.2, 0) is 9.59 Å². The summed E-state index contributed by atoms with van der Waals surface area (Å²) in [6.07, 6.45) is 2.06. The maximum absolute atomic E-state index is 13.5. The Balaban J connectivity index is 1.46. The zero-order chi connectivity index (χ0) is 20.8. The van der Waals surface area contributed by atoms with E-state index in [2.05, 4.69) is 10.2 Å². The summed E-state index contributed by atoms with van der Waals surface area (Å²) < 4.78 is 27.1. The molecule has 0 aliphatic carbocycles. The van der Waals surface area contributed by atoms with Crippen LogP contribution in [0.2, 0.25) is 5.02 Å². The van der Waals surface area contributed by atoms with Gasteiger partial charge in [0.05, 0.1) is 6.54 Å². The predicted molar refractivity (Wildman–Crippen MR) is 109 cm³/mol. The predicted octanol–water partition coefficient (Wildman–Crippen LogP) is 3.10. The van der Waals surface area contributed by atoms with E-state index in [0.29, 0.717) is 31.2 Å². The molecule has 8 heteroatoms. The fourth-order valence-electron chi connectivity index (χ4n) is 3.05. The van der Waals surface area contributed by atoms with Crippen molar-refractivity contribution >= 4 is 35.2 Å². The number of nitrogens with zero attached hydrogens (tertiary/aromatic N) is 2. The van der Waals surface area contributed by atoms with Crippen LogP contribution in [0.15, 0.2) is 48.5 Å². The molecule has 0 aromatic heterocycles. The number of anilines is 1. The van der Waals surface area contributed by atoms with Crippen molar-refractivity contribution in [2.24, 2.45) is 0 Å². The second kappa shape index (κ2) is 9.52. The van der Waals surface area contributed by atoms with Gasteiger partial charge in [0.25, 0.3) is 0 Å². The van der Waals surface area contributed by atoms with Gasteiger partial charge in [-0.3, -0.25) is 9.59 Å². The summed E-state index contributed by atoms with van der Waals surface area (Å²) in [6.45, 7) is 2.19. The summed E-state index contributed by atoms with van der Waals surface area (Å²) in [5.41, 5.74) is 0.703. The highest BCUT2D eigenvalue weighted by Gasteiger charge is 2.21. The van der Waals surface area contributed by atoms with Gasteiger partial charge in [0.15, 0.2) is 0 Å². The molecule has 0 saturated carbocycles. The van der Waals surface area contributed by atoms with Gasteiger partial charge in [0.2, 0.25) is 11.8 Å². The van der Waals surface area contributed by atoms with Crippen molar-refractivity contribution in [1.82, 2.24) is 10.2 Å². The molecule has 1 saturated heterocycles. The lowest BCUT2D eigenvalue weighted by Gasteiger charge is -2.36. The number of rotatable bonds is 5. The second-order valence-electron chi connectivity index (χ2n) is 6.53. The molecule has 0 unspecified atom stereocenters. The van der Waals surface area contributed by atoms with Gasteiger partial charge in [-0.1, -0.05) is 23.7 Å². The molecule has 29 heavy (non-hydrogen) atoms. The quantitative estimate of drug-likeness (QED) is 0.758. The van der Waals surface area contributed by atoms with Crippen molar-refractivity contribution < 1.29 is 18.4 Å². The first-order chi connectivity index (χ1) is 13.9. The standard InChI is InChI=1S/C21H20ClF2N3O2/c22-15-3-1-4-16(13-15)26-9-11-27(12-10-26)21(29)14-25-20(28)8-7-17-18(23)5-2-6-19(17)24/h1-8,13H,9-12,14H2,(H,25,28)/b8-7+. The molecule has 0 atom stereocenters. The Hall–Kier alpha value is -2.93.